The van der Waals surface area contributed by atoms with E-state index in [-0.39, 0.29) is 11.9 Å². The van der Waals surface area contributed by atoms with Crippen molar-refractivity contribution in [1.82, 2.24) is 0 Å². The summed E-state index contributed by atoms with van der Waals surface area (Å²) in [5.41, 5.74) is 2.77. The number of nitrogens with zero attached hydrogens (tertiary/aromatic N) is 1. The van der Waals surface area contributed by atoms with Crippen LogP contribution in [0.1, 0.15) is 42.4 Å². The lowest BCUT2D eigenvalue weighted by atomic mass is 9.81. The monoisotopic (exact) mass is 345 g/mol. The molecular weight excluding hydrogens is 322 g/mol. The molecule has 1 aliphatic rings. The van der Waals surface area contributed by atoms with E-state index in [1.165, 1.54) is 0 Å². The number of carbonyl (C=O) groups is 1. The fraction of sp³-hybridized carbons (Fsp3) is 0.304. The highest BCUT2D eigenvalue weighted by atomic mass is 16.5. The molecule has 0 N–H and O–H groups in total. The van der Waals surface area contributed by atoms with E-state index in [0.29, 0.717) is 18.1 Å². The second kappa shape index (κ2) is 9.01. The Morgan fingerprint density at radius 3 is 2.62 bits per heavy atom. The fourth-order valence-electron chi connectivity index (χ4n) is 3.38. The molecule has 1 fully saturated rings. The summed E-state index contributed by atoms with van der Waals surface area (Å²) in [6.07, 6.45) is 8.19. The number of ether oxygens (including phenoxy) is 1. The van der Waals surface area contributed by atoms with Crippen LogP contribution in [0.15, 0.2) is 60.7 Å². The highest BCUT2D eigenvalue weighted by Crippen LogP contribution is 2.31. The molecule has 3 rings (SSSR count). The maximum atomic E-state index is 12.4. The first-order valence-corrected chi connectivity index (χ1v) is 9.13. The second-order valence-electron chi connectivity index (χ2n) is 6.81. The third-order valence-corrected chi connectivity index (χ3v) is 4.87. The summed E-state index contributed by atoms with van der Waals surface area (Å²) in [7, 11) is 0. The van der Waals surface area contributed by atoms with Gasteiger partial charge in [0.2, 0.25) is 0 Å². The van der Waals surface area contributed by atoms with E-state index in [2.05, 4.69) is 18.2 Å². The van der Waals surface area contributed by atoms with Gasteiger partial charge in [-0.25, -0.2) is 0 Å². The first-order valence-electron chi connectivity index (χ1n) is 9.13. The Bertz CT molecular complexity index is 787. The molecule has 0 radical (unpaired) electrons. The summed E-state index contributed by atoms with van der Waals surface area (Å²) in [5, 5.41) is 8.85. The van der Waals surface area contributed by atoms with E-state index < -0.39 is 0 Å². The quantitative estimate of drug-likeness (QED) is 0.707. The van der Waals surface area contributed by atoms with Crippen molar-refractivity contribution in [3.05, 3.63) is 77.4 Å². The Hall–Kier alpha value is -2.86. The van der Waals surface area contributed by atoms with Gasteiger partial charge in [-0.2, -0.15) is 5.26 Å². The van der Waals surface area contributed by atoms with Crippen LogP contribution in [-0.2, 0) is 16.1 Å². The van der Waals surface area contributed by atoms with Crippen LogP contribution in [0.3, 0.4) is 0 Å². The molecule has 2 atom stereocenters. The molecule has 2 aromatic carbocycles. The molecule has 0 spiro atoms. The zero-order valence-corrected chi connectivity index (χ0v) is 14.8. The number of rotatable bonds is 5. The largest absolute Gasteiger partial charge is 0.461 e. The van der Waals surface area contributed by atoms with E-state index in [1.54, 1.807) is 0 Å². The minimum Gasteiger partial charge on any atom is -0.461 e. The lowest BCUT2D eigenvalue weighted by molar-refractivity contribution is -0.151. The lowest BCUT2D eigenvalue weighted by Gasteiger charge is -2.25. The van der Waals surface area contributed by atoms with Gasteiger partial charge in [-0.15, -0.1) is 0 Å². The smallest absolute Gasteiger partial charge is 0.309 e. The van der Waals surface area contributed by atoms with Crippen LogP contribution in [0, 0.1) is 23.2 Å². The number of esters is 1. The first kappa shape index (κ1) is 17.9. The van der Waals surface area contributed by atoms with Crippen molar-refractivity contribution in [3.63, 3.8) is 0 Å². The number of hydrogen-bond acceptors (Lipinski definition) is 3. The van der Waals surface area contributed by atoms with Crippen molar-refractivity contribution >= 4 is 12.0 Å². The molecule has 0 unspecified atom stereocenters. The van der Waals surface area contributed by atoms with Gasteiger partial charge in [0.25, 0.3) is 0 Å². The van der Waals surface area contributed by atoms with Gasteiger partial charge in [-0.1, -0.05) is 61.0 Å². The summed E-state index contributed by atoms with van der Waals surface area (Å²) in [5.74, 6) is 0.307. The highest BCUT2D eigenvalue weighted by molar-refractivity contribution is 5.72. The van der Waals surface area contributed by atoms with Gasteiger partial charge in [0.05, 0.1) is 17.6 Å². The minimum atomic E-state index is -0.0784. The Labute approximate surface area is 154 Å². The standard InChI is InChI=1S/C23H23NO2/c24-16-20-13-10-18(11-14-20)9-12-19-7-4-8-22(15-19)23(25)26-17-21-5-2-1-3-6-21/h1-3,5-6,9-14,19,22H,4,7-8,15,17H2/t19-,22-/m0/s1. The zero-order valence-electron chi connectivity index (χ0n) is 14.8. The molecule has 0 heterocycles. The number of nitriles is 1. The molecule has 2 aromatic rings. The summed E-state index contributed by atoms with van der Waals surface area (Å²) >= 11 is 0. The van der Waals surface area contributed by atoms with E-state index in [9.17, 15) is 4.79 Å². The molecule has 1 saturated carbocycles. The molecule has 3 heteroatoms. The molecule has 1 aliphatic carbocycles. The predicted octanol–water partition coefficient (Wildman–Crippen LogP) is 5.12. The van der Waals surface area contributed by atoms with Crippen molar-refractivity contribution in [3.8, 4) is 6.07 Å². The number of carbonyl (C=O) groups excluding carboxylic acids is 1. The molecule has 0 amide bonds. The Balaban J connectivity index is 1.52. The average Bonchev–Trinajstić information content (AvgIpc) is 2.72. The van der Waals surface area contributed by atoms with Crippen molar-refractivity contribution in [2.75, 3.05) is 0 Å². The van der Waals surface area contributed by atoms with E-state index in [1.807, 2.05) is 54.6 Å². The van der Waals surface area contributed by atoms with Crippen molar-refractivity contribution < 1.29 is 9.53 Å². The van der Waals surface area contributed by atoms with E-state index >= 15 is 0 Å². The lowest BCUT2D eigenvalue weighted by Crippen LogP contribution is -2.24. The number of hydrogen-bond donors (Lipinski definition) is 0. The van der Waals surface area contributed by atoms with E-state index in [0.717, 1.165) is 36.8 Å². The third-order valence-electron chi connectivity index (χ3n) is 4.87. The maximum Gasteiger partial charge on any atom is 0.309 e. The van der Waals surface area contributed by atoms with Gasteiger partial charge in [0.1, 0.15) is 6.61 Å². The minimum absolute atomic E-state index is 0.0110. The topological polar surface area (TPSA) is 50.1 Å². The second-order valence-corrected chi connectivity index (χ2v) is 6.81. The van der Waals surface area contributed by atoms with Crippen molar-refractivity contribution in [2.24, 2.45) is 11.8 Å². The van der Waals surface area contributed by atoms with Crippen LogP contribution in [-0.4, -0.2) is 5.97 Å². The van der Waals surface area contributed by atoms with Crippen LogP contribution in [0.5, 0.6) is 0 Å². The zero-order chi connectivity index (χ0) is 18.2. The van der Waals surface area contributed by atoms with Crippen LogP contribution >= 0.6 is 0 Å². The van der Waals surface area contributed by atoms with Crippen LogP contribution in [0.2, 0.25) is 0 Å². The first-order chi connectivity index (χ1) is 12.7. The molecule has 26 heavy (non-hydrogen) atoms. The maximum absolute atomic E-state index is 12.4. The summed E-state index contributed by atoms with van der Waals surface area (Å²) in [6.45, 7) is 0.349. The molecule has 0 aromatic heterocycles. The molecule has 0 aliphatic heterocycles. The molecule has 3 nitrogen and oxygen atoms in total. The Morgan fingerprint density at radius 1 is 1.12 bits per heavy atom. The Morgan fingerprint density at radius 2 is 1.88 bits per heavy atom. The number of benzene rings is 2. The van der Waals surface area contributed by atoms with E-state index in [4.69, 9.17) is 10.00 Å². The summed E-state index contributed by atoms with van der Waals surface area (Å²) in [4.78, 5) is 12.4. The third kappa shape index (κ3) is 5.07. The molecule has 0 saturated heterocycles. The highest BCUT2D eigenvalue weighted by Gasteiger charge is 2.27. The van der Waals surface area contributed by atoms with Gasteiger partial charge in [0.15, 0.2) is 0 Å². The van der Waals surface area contributed by atoms with Crippen LogP contribution in [0.25, 0.3) is 6.08 Å². The molecule has 0 bridgehead atoms. The summed E-state index contributed by atoms with van der Waals surface area (Å²) in [6, 6.07) is 19.5. The number of allylic oxidation sites excluding steroid dienone is 1. The molecular formula is C23H23NO2. The van der Waals surface area contributed by atoms with Gasteiger partial charge < -0.3 is 4.74 Å². The fourth-order valence-corrected chi connectivity index (χ4v) is 3.38. The molecule has 132 valence electrons. The van der Waals surface area contributed by atoms with Gasteiger partial charge in [0, 0.05) is 0 Å². The predicted molar refractivity (Wildman–Crippen MR) is 102 cm³/mol. The van der Waals surface area contributed by atoms with Crippen LogP contribution in [0.4, 0.5) is 0 Å². The SMILES string of the molecule is N#Cc1ccc(C=C[C@@H]2CCC[C@H](C(=O)OCc3ccccc3)C2)cc1. The van der Waals surface area contributed by atoms with Crippen LogP contribution < -0.4 is 0 Å². The Kier molecular flexibility index (Phi) is 6.22. The normalized spacial score (nSPS) is 19.8. The van der Waals surface area contributed by atoms with Gasteiger partial charge in [-0.3, -0.25) is 4.79 Å². The van der Waals surface area contributed by atoms with Gasteiger partial charge >= 0.3 is 5.97 Å². The van der Waals surface area contributed by atoms with Crippen molar-refractivity contribution in [2.45, 2.75) is 32.3 Å². The van der Waals surface area contributed by atoms with Crippen molar-refractivity contribution in [1.29, 1.82) is 5.26 Å². The average molecular weight is 345 g/mol. The summed E-state index contributed by atoms with van der Waals surface area (Å²) < 4.78 is 5.51. The van der Waals surface area contributed by atoms with Gasteiger partial charge in [-0.05, 0) is 48.4 Å².